The largest absolute Gasteiger partial charge is 0.471 e. The Bertz CT molecular complexity index is 1280. The molecule has 1 aromatic heterocycles. The number of hydrogen-bond donors (Lipinski definition) is 4. The first kappa shape index (κ1) is 31.4. The molecule has 0 spiro atoms. The number of methoxy groups -OCH3 is 2. The second-order valence-corrected chi connectivity index (χ2v) is 7.91. The number of H-pyrrole nitrogens is 1. The minimum Gasteiger partial charge on any atom is -0.465 e. The van der Waals surface area contributed by atoms with Crippen LogP contribution in [-0.4, -0.2) is 60.0 Å². The van der Waals surface area contributed by atoms with E-state index >= 15 is 0 Å². The van der Waals surface area contributed by atoms with E-state index < -0.39 is 18.1 Å². The first-order valence-electron chi connectivity index (χ1n) is 10.0. The van der Waals surface area contributed by atoms with Crippen LogP contribution in [0.3, 0.4) is 0 Å². The molecule has 4 N–H and O–H groups in total. The zero-order valence-corrected chi connectivity index (χ0v) is 21.6. The van der Waals surface area contributed by atoms with Gasteiger partial charge in [0.1, 0.15) is 6.61 Å². The number of aromatic nitrogens is 1. The van der Waals surface area contributed by atoms with Crippen LogP contribution in [0.2, 0.25) is 0 Å². The van der Waals surface area contributed by atoms with Crippen molar-refractivity contribution in [2.75, 3.05) is 26.1 Å². The number of aliphatic hydroxyl groups excluding tert-OH is 2. The van der Waals surface area contributed by atoms with Crippen LogP contribution in [0.1, 0.15) is 26.4 Å². The molecule has 0 unspecified atom stereocenters. The Balaban J connectivity index is 0.000000327. The van der Waals surface area contributed by atoms with Gasteiger partial charge in [-0.25, -0.2) is 9.59 Å². The third kappa shape index (κ3) is 9.75. The van der Waals surface area contributed by atoms with Gasteiger partial charge in [0.2, 0.25) is 0 Å². The van der Waals surface area contributed by atoms with Crippen molar-refractivity contribution in [1.82, 2.24) is 4.98 Å². The molecular formula is C24H22F3IN2O7. The van der Waals surface area contributed by atoms with E-state index in [1.807, 2.05) is 12.0 Å². The Labute approximate surface area is 223 Å². The lowest BCUT2D eigenvalue weighted by molar-refractivity contribution is -0.167. The lowest BCUT2D eigenvalue weighted by atomic mass is 10.1. The number of carbonyl (C=O) groups is 3. The van der Waals surface area contributed by atoms with Crippen LogP contribution < -0.4 is 5.32 Å². The van der Waals surface area contributed by atoms with Gasteiger partial charge in [-0.1, -0.05) is 5.92 Å². The number of fused-ring (bicyclic) bond motifs is 1. The molecule has 13 heteroatoms. The van der Waals surface area contributed by atoms with Gasteiger partial charge in [-0.15, -0.1) is 6.42 Å². The molecule has 37 heavy (non-hydrogen) atoms. The van der Waals surface area contributed by atoms with E-state index in [-0.39, 0.29) is 30.4 Å². The number of alkyl halides is 3. The molecule has 9 nitrogen and oxygen atoms in total. The fourth-order valence-corrected chi connectivity index (χ4v) is 3.23. The zero-order valence-electron chi connectivity index (χ0n) is 19.5. The molecule has 0 fully saturated rings. The molecule has 1 amide bonds. The highest BCUT2D eigenvalue weighted by atomic mass is 127. The van der Waals surface area contributed by atoms with Crippen molar-refractivity contribution in [3.05, 3.63) is 62.9 Å². The number of aliphatic hydroxyl groups is 2. The third-order valence-electron chi connectivity index (χ3n) is 4.26. The van der Waals surface area contributed by atoms with Crippen LogP contribution in [-0.2, 0) is 20.9 Å². The third-order valence-corrected chi connectivity index (χ3v) is 5.15. The van der Waals surface area contributed by atoms with E-state index in [2.05, 4.69) is 20.9 Å². The average molecular weight is 634 g/mol. The SMILES string of the molecule is C#CCO.COC(=O)c1ccc(NC(=O)C(F)(F)F)c(I)c1.COC(=O)c1ccc2[nH]c(CO)cc2c1. The van der Waals surface area contributed by atoms with Crippen LogP contribution in [0.4, 0.5) is 18.9 Å². The molecule has 0 aliphatic carbocycles. The van der Waals surface area contributed by atoms with Crippen molar-refractivity contribution in [3.8, 4) is 12.3 Å². The molecule has 0 atom stereocenters. The van der Waals surface area contributed by atoms with Crippen molar-refractivity contribution < 1.29 is 47.2 Å². The fourth-order valence-electron chi connectivity index (χ4n) is 2.58. The van der Waals surface area contributed by atoms with Crippen LogP contribution in [0.25, 0.3) is 10.9 Å². The maximum atomic E-state index is 12.0. The minimum atomic E-state index is -4.95. The molecule has 0 aliphatic rings. The molecule has 2 aromatic carbocycles. The van der Waals surface area contributed by atoms with Crippen molar-refractivity contribution in [2.45, 2.75) is 12.8 Å². The van der Waals surface area contributed by atoms with Gasteiger partial charge in [-0.2, -0.15) is 13.2 Å². The Morgan fingerprint density at radius 3 is 2.03 bits per heavy atom. The van der Waals surface area contributed by atoms with Gasteiger partial charge in [-0.05, 0) is 65.1 Å². The van der Waals surface area contributed by atoms with E-state index in [4.69, 9.17) is 10.2 Å². The van der Waals surface area contributed by atoms with E-state index in [1.165, 1.54) is 32.4 Å². The number of ether oxygens (including phenoxy) is 2. The number of nitrogens with one attached hydrogen (secondary N) is 2. The molecule has 0 radical (unpaired) electrons. The number of rotatable bonds is 4. The van der Waals surface area contributed by atoms with Gasteiger partial charge in [0, 0.05) is 20.2 Å². The molecule has 0 saturated carbocycles. The topological polar surface area (TPSA) is 138 Å². The van der Waals surface area contributed by atoms with Crippen LogP contribution in [0, 0.1) is 15.9 Å². The summed E-state index contributed by atoms with van der Waals surface area (Å²) in [6, 6.07) is 10.8. The average Bonchev–Trinajstić information content (AvgIpc) is 3.31. The van der Waals surface area contributed by atoms with Gasteiger partial charge in [0.05, 0.1) is 37.6 Å². The van der Waals surface area contributed by atoms with Crippen molar-refractivity contribution in [2.24, 2.45) is 0 Å². The van der Waals surface area contributed by atoms with Crippen molar-refractivity contribution >= 4 is 57.0 Å². The molecule has 0 saturated heterocycles. The van der Waals surface area contributed by atoms with Gasteiger partial charge in [-0.3, -0.25) is 4.79 Å². The molecule has 3 rings (SSSR count). The first-order chi connectivity index (χ1) is 17.4. The highest BCUT2D eigenvalue weighted by molar-refractivity contribution is 14.1. The molecule has 3 aromatic rings. The summed E-state index contributed by atoms with van der Waals surface area (Å²) in [5.74, 6) is -1.04. The van der Waals surface area contributed by atoms with Crippen molar-refractivity contribution in [3.63, 3.8) is 0 Å². The molecule has 0 aliphatic heterocycles. The van der Waals surface area contributed by atoms with Crippen LogP contribution in [0.15, 0.2) is 42.5 Å². The van der Waals surface area contributed by atoms with Gasteiger partial charge in [0.25, 0.3) is 0 Å². The summed E-state index contributed by atoms with van der Waals surface area (Å²) in [5.41, 5.74) is 2.30. The van der Waals surface area contributed by atoms with E-state index in [9.17, 15) is 27.6 Å². The van der Waals surface area contributed by atoms with Gasteiger partial charge < -0.3 is 30.0 Å². The van der Waals surface area contributed by atoms with Gasteiger partial charge >= 0.3 is 24.0 Å². The number of esters is 2. The smallest absolute Gasteiger partial charge is 0.465 e. The van der Waals surface area contributed by atoms with Crippen molar-refractivity contribution in [1.29, 1.82) is 0 Å². The number of aromatic amines is 1. The lowest BCUT2D eigenvalue weighted by Gasteiger charge is -2.10. The summed E-state index contributed by atoms with van der Waals surface area (Å²) in [6.45, 7) is -0.192. The van der Waals surface area contributed by atoms with E-state index in [1.54, 1.807) is 46.1 Å². The number of halogens is 4. The fraction of sp³-hybridized carbons (Fsp3) is 0.208. The quantitative estimate of drug-likeness (QED) is 0.196. The Kier molecular flexibility index (Phi) is 12.6. The minimum absolute atomic E-state index is 0.0226. The number of terminal acetylenes is 1. The van der Waals surface area contributed by atoms with E-state index in [0.717, 1.165) is 16.6 Å². The predicted octanol–water partition coefficient (Wildman–Crippen LogP) is 3.64. The first-order valence-corrected chi connectivity index (χ1v) is 11.1. The number of carbonyl (C=O) groups excluding carboxylic acids is 3. The molecular weight excluding hydrogens is 612 g/mol. The number of amides is 1. The maximum Gasteiger partial charge on any atom is 0.471 e. The predicted molar refractivity (Wildman–Crippen MR) is 137 cm³/mol. The highest BCUT2D eigenvalue weighted by Gasteiger charge is 2.38. The summed E-state index contributed by atoms with van der Waals surface area (Å²) in [7, 11) is 2.54. The highest BCUT2D eigenvalue weighted by Crippen LogP contribution is 2.23. The van der Waals surface area contributed by atoms with Gasteiger partial charge in [0.15, 0.2) is 0 Å². The second kappa shape index (κ2) is 14.8. The second-order valence-electron chi connectivity index (χ2n) is 6.75. The monoisotopic (exact) mass is 634 g/mol. The number of hydrogen-bond acceptors (Lipinski definition) is 7. The summed E-state index contributed by atoms with van der Waals surface area (Å²) in [6.07, 6.45) is -0.426. The summed E-state index contributed by atoms with van der Waals surface area (Å²) in [5, 5.41) is 19.2. The molecule has 1 heterocycles. The molecule has 198 valence electrons. The number of anilines is 1. The Morgan fingerprint density at radius 2 is 1.57 bits per heavy atom. The Hall–Kier alpha value is -3.61. The van der Waals surface area contributed by atoms with Crippen LogP contribution in [0.5, 0.6) is 0 Å². The standard InChI is InChI=1S/C11H11NO3.C10H7F3INO3.C3H4O/c1-15-11(14)7-2-3-10-8(4-7)5-9(6-13)12-10;1-18-8(16)5-2-3-7(6(14)4-5)15-9(17)10(11,12)13;1-2-3-4/h2-5,12-13H,6H2,1H3;2-4H,1H3,(H,15,17);1,4H,3H2. The normalized spacial score (nSPS) is 10.1. The zero-order chi connectivity index (χ0) is 28.2. The number of benzene rings is 2. The summed E-state index contributed by atoms with van der Waals surface area (Å²) in [4.78, 5) is 36.2. The maximum absolute atomic E-state index is 12.0. The van der Waals surface area contributed by atoms with E-state index in [0.29, 0.717) is 9.13 Å². The lowest BCUT2D eigenvalue weighted by Crippen LogP contribution is -2.30. The Morgan fingerprint density at radius 1 is 1.03 bits per heavy atom. The molecule has 0 bridgehead atoms. The summed E-state index contributed by atoms with van der Waals surface area (Å²) < 4.78 is 45.5. The van der Waals surface area contributed by atoms with Crippen LogP contribution >= 0.6 is 22.6 Å². The summed E-state index contributed by atoms with van der Waals surface area (Å²) >= 11 is 1.71.